The highest BCUT2D eigenvalue weighted by atomic mass is 79.9. The Morgan fingerprint density at radius 1 is 1.32 bits per heavy atom. The molecule has 1 fully saturated rings. The van der Waals surface area contributed by atoms with Crippen LogP contribution >= 0.6 is 24.0 Å². The summed E-state index contributed by atoms with van der Waals surface area (Å²) in [5, 5.41) is 13.9. The van der Waals surface area contributed by atoms with Gasteiger partial charge in [-0.3, -0.25) is 4.79 Å². The number of β-amino-alcohol motifs (C(OH)–C–C–N with tert-alkyl or cyclic N) is 1. The van der Waals surface area contributed by atoms with E-state index in [9.17, 15) is 18.6 Å². The zero-order valence-corrected chi connectivity index (χ0v) is 15.4. The van der Waals surface area contributed by atoms with Gasteiger partial charge in [0.25, 0.3) is 5.91 Å². The predicted octanol–water partition coefficient (Wildman–Crippen LogP) is 1.52. The van der Waals surface area contributed by atoms with Crippen LogP contribution in [0.2, 0.25) is 0 Å². The van der Waals surface area contributed by atoms with Gasteiger partial charge in [-0.2, -0.15) is 0 Å². The first-order valence-corrected chi connectivity index (χ1v) is 9.23. The Labute approximate surface area is 153 Å². The number of aliphatic hydroxyl groups is 1. The molecule has 3 rings (SSSR count). The Kier molecular flexibility index (Phi) is 7.16. The minimum absolute atomic E-state index is 0.0463. The molecule has 0 bridgehead atoms. The topological polar surface area (TPSA) is 101 Å². The number of nitrogens with one attached hydrogen (secondary N) is 2. The quantitative estimate of drug-likeness (QED) is 0.643. The molecule has 1 unspecified atom stereocenters. The van der Waals surface area contributed by atoms with Gasteiger partial charge in [0.05, 0.1) is 10.6 Å². The second-order valence-electron chi connectivity index (χ2n) is 5.20. The molecule has 1 saturated heterocycles. The van der Waals surface area contributed by atoms with E-state index in [1.54, 1.807) is 0 Å². The molecule has 0 radical (unpaired) electrons. The molecule has 132 valence electrons. The van der Waals surface area contributed by atoms with Crippen molar-refractivity contribution in [1.29, 1.82) is 0 Å². The van der Waals surface area contributed by atoms with Crippen LogP contribution in [0.25, 0.3) is 0 Å². The predicted molar refractivity (Wildman–Crippen MR) is 94.6 cm³/mol. The van der Waals surface area contributed by atoms with Gasteiger partial charge in [-0.1, -0.05) is 10.6 Å². The number of aliphatic hydroxyl groups excluding tert-OH is 1. The number of rotatable bonds is 3. The van der Waals surface area contributed by atoms with Crippen molar-refractivity contribution in [2.45, 2.75) is 6.10 Å². The lowest BCUT2D eigenvalue weighted by atomic mass is 10.2. The molecule has 1 heterocycles. The first kappa shape index (κ1) is 19.6. The third-order valence-corrected chi connectivity index (χ3v) is 4.56. The summed E-state index contributed by atoms with van der Waals surface area (Å²) in [5.74, 6) is -0.907. The third-order valence-electron chi connectivity index (χ3n) is 3.26. The Morgan fingerprint density at radius 2 is 2.00 bits per heavy atom. The maximum atomic E-state index is 13.1. The number of hydrogen-bond acceptors (Lipinski definition) is 5. The standard InChI is InChI=1S/C13H8BrFNO3P.C3H7NO/c14-11-7-9(4-5-12(11)15)16-13(17)8-2-1-3-10(6-8)20(18)19;5-3-1-4-2-3/h1-7H,(H,16,17);3-5H,1-2H2. The van der Waals surface area contributed by atoms with Crippen molar-refractivity contribution < 1.29 is 23.7 Å². The summed E-state index contributed by atoms with van der Waals surface area (Å²) >= 11 is 3.02. The Morgan fingerprint density at radius 3 is 2.52 bits per heavy atom. The molecule has 9 heteroatoms. The van der Waals surface area contributed by atoms with Crippen LogP contribution < -0.4 is 20.8 Å². The van der Waals surface area contributed by atoms with Gasteiger partial charge >= 0.3 is 8.03 Å². The molecule has 0 aliphatic carbocycles. The van der Waals surface area contributed by atoms with E-state index in [2.05, 4.69) is 26.6 Å². The highest BCUT2D eigenvalue weighted by Crippen LogP contribution is 2.20. The first-order valence-electron chi connectivity index (χ1n) is 7.26. The number of carbonyl (C=O) groups excluding carboxylic acids is 1. The fourth-order valence-corrected chi connectivity index (χ4v) is 2.64. The van der Waals surface area contributed by atoms with Gasteiger partial charge < -0.3 is 20.6 Å². The lowest BCUT2D eigenvalue weighted by molar-refractivity contribution is -0.160. The Bertz CT molecular complexity index is 786. The molecule has 0 spiro atoms. The maximum absolute atomic E-state index is 13.1. The van der Waals surface area contributed by atoms with Crippen LogP contribution in [0.5, 0.6) is 0 Å². The molecule has 25 heavy (non-hydrogen) atoms. The zero-order valence-electron chi connectivity index (χ0n) is 12.9. The number of carbonyl (C=O) groups is 1. The van der Waals surface area contributed by atoms with Crippen molar-refractivity contribution in [2.24, 2.45) is 0 Å². The highest BCUT2D eigenvalue weighted by molar-refractivity contribution is 9.10. The van der Waals surface area contributed by atoms with Crippen LogP contribution in [0.4, 0.5) is 10.1 Å². The molecule has 2 aromatic carbocycles. The van der Waals surface area contributed by atoms with Gasteiger partial charge in [-0.05, 0) is 46.3 Å². The van der Waals surface area contributed by atoms with Gasteiger partial charge in [-0.25, -0.2) is 4.39 Å². The van der Waals surface area contributed by atoms with E-state index in [0.717, 1.165) is 13.1 Å². The fourth-order valence-electron chi connectivity index (χ4n) is 1.81. The SMILES string of the molecule is O=C(Nc1ccc(F)c(Br)c1)c1cccc([P+](=O)[O-])c1.OC1CNC1. The molecule has 0 aromatic heterocycles. The van der Waals surface area contributed by atoms with E-state index in [1.807, 2.05) is 0 Å². The number of benzene rings is 2. The summed E-state index contributed by atoms with van der Waals surface area (Å²) < 4.78 is 24.2. The summed E-state index contributed by atoms with van der Waals surface area (Å²) in [6.45, 7) is 1.58. The van der Waals surface area contributed by atoms with Crippen LogP contribution in [0.3, 0.4) is 0 Å². The average Bonchev–Trinajstić information content (AvgIpc) is 2.57. The largest absolute Gasteiger partial charge is 0.591 e. The van der Waals surface area contributed by atoms with Crippen LogP contribution in [0.15, 0.2) is 46.9 Å². The van der Waals surface area contributed by atoms with Crippen LogP contribution in [0, 0.1) is 5.82 Å². The van der Waals surface area contributed by atoms with E-state index in [1.165, 1.54) is 42.5 Å². The lowest BCUT2D eigenvalue weighted by Gasteiger charge is -2.20. The minimum Gasteiger partial charge on any atom is -0.591 e. The van der Waals surface area contributed by atoms with Crippen LogP contribution in [-0.4, -0.2) is 30.2 Å². The molecule has 3 N–H and O–H groups in total. The van der Waals surface area contributed by atoms with E-state index >= 15 is 0 Å². The van der Waals surface area contributed by atoms with Crippen molar-refractivity contribution in [3.63, 3.8) is 0 Å². The summed E-state index contributed by atoms with van der Waals surface area (Å²) in [6.07, 6.45) is -0.0463. The van der Waals surface area contributed by atoms with Crippen molar-refractivity contribution in [3.05, 3.63) is 58.3 Å². The number of halogens is 2. The summed E-state index contributed by atoms with van der Waals surface area (Å²) in [4.78, 5) is 22.8. The van der Waals surface area contributed by atoms with E-state index in [-0.39, 0.29) is 21.4 Å². The number of hydrogen-bond donors (Lipinski definition) is 3. The van der Waals surface area contributed by atoms with E-state index in [4.69, 9.17) is 5.11 Å². The molecule has 6 nitrogen and oxygen atoms in total. The third kappa shape index (κ3) is 5.95. The summed E-state index contributed by atoms with van der Waals surface area (Å²) in [7, 11) is -2.74. The van der Waals surface area contributed by atoms with E-state index < -0.39 is 19.8 Å². The van der Waals surface area contributed by atoms with Crippen LogP contribution in [0.1, 0.15) is 10.4 Å². The molecule has 1 amide bonds. The van der Waals surface area contributed by atoms with Gasteiger partial charge in [0.2, 0.25) is 0 Å². The Balaban J connectivity index is 0.000000386. The zero-order chi connectivity index (χ0) is 18.4. The molecule has 1 aliphatic rings. The Hall–Kier alpha value is -1.70. The van der Waals surface area contributed by atoms with Gasteiger partial charge in [-0.15, -0.1) is 0 Å². The average molecular weight is 429 g/mol. The molecule has 0 saturated carbocycles. The maximum Gasteiger partial charge on any atom is 0.348 e. The van der Waals surface area contributed by atoms with Gasteiger partial charge in [0.1, 0.15) is 5.82 Å². The van der Waals surface area contributed by atoms with Gasteiger partial charge in [0.15, 0.2) is 5.30 Å². The monoisotopic (exact) mass is 428 g/mol. The molecule has 1 atom stereocenters. The minimum atomic E-state index is -2.74. The normalized spacial score (nSPS) is 14.0. The lowest BCUT2D eigenvalue weighted by Crippen LogP contribution is -2.46. The van der Waals surface area contributed by atoms with Crippen molar-refractivity contribution in [1.82, 2.24) is 5.32 Å². The molecule has 1 aliphatic heterocycles. The molecular formula is C16H15BrFN2O4P. The summed E-state index contributed by atoms with van der Waals surface area (Å²) in [5.41, 5.74) is 0.613. The summed E-state index contributed by atoms with van der Waals surface area (Å²) in [6, 6.07) is 9.70. The fraction of sp³-hybridized carbons (Fsp3) is 0.188. The van der Waals surface area contributed by atoms with Gasteiger partial charge in [0, 0.05) is 30.4 Å². The highest BCUT2D eigenvalue weighted by Gasteiger charge is 2.13. The first-order chi connectivity index (χ1) is 11.9. The second-order valence-corrected chi connectivity index (χ2v) is 7.09. The smallest absolute Gasteiger partial charge is 0.348 e. The molecule has 2 aromatic rings. The van der Waals surface area contributed by atoms with Crippen LogP contribution in [-0.2, 0) is 4.57 Å². The van der Waals surface area contributed by atoms with Crippen molar-refractivity contribution >= 4 is 40.9 Å². The van der Waals surface area contributed by atoms with E-state index in [0.29, 0.717) is 5.69 Å². The van der Waals surface area contributed by atoms with Crippen molar-refractivity contribution in [3.8, 4) is 0 Å². The number of amides is 1. The van der Waals surface area contributed by atoms with Crippen molar-refractivity contribution in [2.75, 3.05) is 18.4 Å². The second kappa shape index (κ2) is 9.12. The molecular weight excluding hydrogens is 414 g/mol. The number of anilines is 1.